The summed E-state index contributed by atoms with van der Waals surface area (Å²) in [6, 6.07) is 9.72. The number of nitrogens with zero attached hydrogens (tertiary/aromatic N) is 2. The van der Waals surface area contributed by atoms with E-state index in [4.69, 9.17) is 9.47 Å². The first-order valence-corrected chi connectivity index (χ1v) is 6.99. The number of aromatic nitrogens is 2. The lowest BCUT2D eigenvalue weighted by atomic mass is 10.2. The van der Waals surface area contributed by atoms with E-state index in [0.29, 0.717) is 28.1 Å². The van der Waals surface area contributed by atoms with E-state index < -0.39 is 0 Å². The van der Waals surface area contributed by atoms with Crippen LogP contribution in [0.25, 0.3) is 11.0 Å². The summed E-state index contributed by atoms with van der Waals surface area (Å²) in [4.78, 5) is 16.3. The average Bonchev–Trinajstić information content (AvgIpc) is 2.58. The second-order valence-corrected chi connectivity index (χ2v) is 4.97. The largest absolute Gasteiger partial charge is 0.493 e. The minimum absolute atomic E-state index is 0.111. The van der Waals surface area contributed by atoms with E-state index in [1.54, 1.807) is 30.3 Å². The van der Waals surface area contributed by atoms with E-state index >= 15 is 0 Å². The molecule has 0 aliphatic rings. The molecule has 118 valence electrons. The van der Waals surface area contributed by atoms with Crippen LogP contribution in [0.15, 0.2) is 47.4 Å². The molecule has 0 aliphatic carbocycles. The number of hydrogen-bond acceptors (Lipinski definition) is 4. The third-order valence-electron chi connectivity index (χ3n) is 3.64. The van der Waals surface area contributed by atoms with Gasteiger partial charge in [0.05, 0.1) is 38.0 Å². The molecule has 0 saturated carbocycles. The summed E-state index contributed by atoms with van der Waals surface area (Å²) >= 11 is 0. The first-order valence-electron chi connectivity index (χ1n) is 6.99. The van der Waals surface area contributed by atoms with Crippen molar-refractivity contribution in [2.75, 3.05) is 14.2 Å². The van der Waals surface area contributed by atoms with Crippen LogP contribution < -0.4 is 15.0 Å². The number of halogens is 1. The zero-order valence-corrected chi connectivity index (χ0v) is 12.7. The molecule has 0 amide bonds. The molecule has 0 spiro atoms. The third-order valence-corrected chi connectivity index (χ3v) is 3.64. The standard InChI is InChI=1S/C17H15FN2O3/c1-22-15-7-13-14(8-16(15)23-2)20(17(21)9-19-13)10-11-5-3-4-6-12(11)18/h3-9H,10H2,1-2H3. The van der Waals surface area contributed by atoms with Crippen molar-refractivity contribution in [1.29, 1.82) is 0 Å². The average molecular weight is 314 g/mol. The number of benzene rings is 2. The first-order chi connectivity index (χ1) is 11.1. The van der Waals surface area contributed by atoms with Crippen LogP contribution >= 0.6 is 0 Å². The molecule has 1 aromatic heterocycles. The number of rotatable bonds is 4. The van der Waals surface area contributed by atoms with Crippen molar-refractivity contribution < 1.29 is 13.9 Å². The second-order valence-electron chi connectivity index (χ2n) is 4.97. The third kappa shape index (κ3) is 2.75. The fourth-order valence-electron chi connectivity index (χ4n) is 2.45. The van der Waals surface area contributed by atoms with Crippen molar-refractivity contribution in [2.24, 2.45) is 0 Å². The summed E-state index contributed by atoms with van der Waals surface area (Å²) in [5, 5.41) is 0. The lowest BCUT2D eigenvalue weighted by molar-refractivity contribution is 0.355. The van der Waals surface area contributed by atoms with Gasteiger partial charge < -0.3 is 14.0 Å². The lowest BCUT2D eigenvalue weighted by Crippen LogP contribution is -2.21. The van der Waals surface area contributed by atoms with Gasteiger partial charge in [-0.15, -0.1) is 0 Å². The Morgan fingerprint density at radius 3 is 2.52 bits per heavy atom. The molecule has 0 bridgehead atoms. The van der Waals surface area contributed by atoms with Gasteiger partial charge in [-0.3, -0.25) is 4.79 Å². The number of ether oxygens (including phenoxy) is 2. The van der Waals surface area contributed by atoms with Crippen molar-refractivity contribution >= 4 is 11.0 Å². The van der Waals surface area contributed by atoms with Gasteiger partial charge >= 0.3 is 0 Å². The van der Waals surface area contributed by atoms with Gasteiger partial charge in [-0.1, -0.05) is 18.2 Å². The van der Waals surface area contributed by atoms with Crippen LogP contribution in [-0.2, 0) is 6.54 Å². The van der Waals surface area contributed by atoms with E-state index in [0.717, 1.165) is 0 Å². The smallest absolute Gasteiger partial charge is 0.269 e. The predicted molar refractivity (Wildman–Crippen MR) is 84.6 cm³/mol. The Bertz CT molecular complexity index is 921. The maximum absolute atomic E-state index is 13.9. The molecule has 0 N–H and O–H groups in total. The van der Waals surface area contributed by atoms with Crippen molar-refractivity contribution in [2.45, 2.75) is 6.54 Å². The van der Waals surface area contributed by atoms with Gasteiger partial charge in [-0.25, -0.2) is 9.37 Å². The molecule has 23 heavy (non-hydrogen) atoms. The highest BCUT2D eigenvalue weighted by atomic mass is 19.1. The maximum atomic E-state index is 13.9. The fraction of sp³-hybridized carbons (Fsp3) is 0.176. The Morgan fingerprint density at radius 1 is 1.13 bits per heavy atom. The summed E-state index contributed by atoms with van der Waals surface area (Å²) in [7, 11) is 3.04. The first kappa shape index (κ1) is 15.0. The molecule has 6 heteroatoms. The summed E-state index contributed by atoms with van der Waals surface area (Å²) in [6.07, 6.45) is 1.22. The summed E-state index contributed by atoms with van der Waals surface area (Å²) in [6.45, 7) is 0.111. The minimum atomic E-state index is -0.357. The number of methoxy groups -OCH3 is 2. The quantitative estimate of drug-likeness (QED) is 0.743. The van der Waals surface area contributed by atoms with Gasteiger partial charge in [0.25, 0.3) is 5.56 Å². The summed E-state index contributed by atoms with van der Waals surface area (Å²) in [5.41, 5.74) is 1.24. The van der Waals surface area contributed by atoms with E-state index in [1.165, 1.54) is 31.0 Å². The lowest BCUT2D eigenvalue weighted by Gasteiger charge is -2.13. The molecular weight excluding hydrogens is 299 g/mol. The Morgan fingerprint density at radius 2 is 1.83 bits per heavy atom. The van der Waals surface area contributed by atoms with Gasteiger partial charge in [0.1, 0.15) is 5.82 Å². The summed E-state index contributed by atoms with van der Waals surface area (Å²) in [5.74, 6) is 0.642. The molecule has 3 aromatic rings. The highest BCUT2D eigenvalue weighted by Crippen LogP contribution is 2.30. The predicted octanol–water partition coefficient (Wildman–Crippen LogP) is 2.60. The van der Waals surface area contributed by atoms with Crippen LogP contribution in [0.5, 0.6) is 11.5 Å². The monoisotopic (exact) mass is 314 g/mol. The molecule has 0 saturated heterocycles. The van der Waals surface area contributed by atoms with Gasteiger partial charge in [-0.05, 0) is 6.07 Å². The van der Waals surface area contributed by atoms with E-state index in [9.17, 15) is 9.18 Å². The fourth-order valence-corrected chi connectivity index (χ4v) is 2.45. The van der Waals surface area contributed by atoms with Crippen molar-refractivity contribution in [3.8, 4) is 11.5 Å². The van der Waals surface area contributed by atoms with Gasteiger partial charge in [0.2, 0.25) is 0 Å². The van der Waals surface area contributed by atoms with Crippen LogP contribution in [-0.4, -0.2) is 23.8 Å². The van der Waals surface area contributed by atoms with Gasteiger partial charge in [-0.2, -0.15) is 0 Å². The summed E-state index contributed by atoms with van der Waals surface area (Å²) < 4.78 is 25.9. The SMILES string of the molecule is COc1cc2ncc(=O)n(Cc3ccccc3F)c2cc1OC. The van der Waals surface area contributed by atoms with Crippen molar-refractivity contribution in [3.05, 3.63) is 64.3 Å². The topological polar surface area (TPSA) is 53.3 Å². The van der Waals surface area contributed by atoms with Crippen molar-refractivity contribution in [1.82, 2.24) is 9.55 Å². The van der Waals surface area contributed by atoms with Crippen LogP contribution in [0.2, 0.25) is 0 Å². The number of hydrogen-bond donors (Lipinski definition) is 0. The molecule has 0 radical (unpaired) electrons. The highest BCUT2D eigenvalue weighted by Gasteiger charge is 2.12. The van der Waals surface area contributed by atoms with Crippen LogP contribution in [0.1, 0.15) is 5.56 Å². The molecule has 0 aliphatic heterocycles. The highest BCUT2D eigenvalue weighted by molar-refractivity contribution is 5.79. The molecule has 1 heterocycles. The molecule has 0 fully saturated rings. The van der Waals surface area contributed by atoms with E-state index in [-0.39, 0.29) is 17.9 Å². The zero-order chi connectivity index (χ0) is 16.4. The molecule has 2 aromatic carbocycles. The van der Waals surface area contributed by atoms with Crippen LogP contribution in [0, 0.1) is 5.82 Å². The molecule has 0 atom stereocenters. The molecular formula is C17H15FN2O3. The number of fused-ring (bicyclic) bond motifs is 1. The molecule has 0 unspecified atom stereocenters. The zero-order valence-electron chi connectivity index (χ0n) is 12.7. The molecule has 3 rings (SSSR count). The Labute approximate surface area is 131 Å². The van der Waals surface area contributed by atoms with Crippen LogP contribution in [0.3, 0.4) is 0 Å². The maximum Gasteiger partial charge on any atom is 0.269 e. The van der Waals surface area contributed by atoms with E-state index in [1.807, 2.05) is 0 Å². The molecule has 5 nitrogen and oxygen atoms in total. The van der Waals surface area contributed by atoms with Crippen LogP contribution in [0.4, 0.5) is 4.39 Å². The van der Waals surface area contributed by atoms with E-state index in [2.05, 4.69) is 4.98 Å². The van der Waals surface area contributed by atoms with Gasteiger partial charge in [0.15, 0.2) is 11.5 Å². The van der Waals surface area contributed by atoms with Crippen molar-refractivity contribution in [3.63, 3.8) is 0 Å². The second kappa shape index (κ2) is 6.08. The minimum Gasteiger partial charge on any atom is -0.493 e. The Kier molecular flexibility index (Phi) is 3.97. The van der Waals surface area contributed by atoms with Gasteiger partial charge in [0, 0.05) is 17.7 Å². The Hall–Kier alpha value is -2.89. The normalized spacial score (nSPS) is 10.7. The Balaban J connectivity index is 2.21.